The number of aliphatic hydroxyl groups is 1. The second-order valence-electron chi connectivity index (χ2n) is 4.24. The number of hydrogen-bond donors (Lipinski definition) is 2. The second-order valence-corrected chi connectivity index (χ2v) is 4.24. The average Bonchev–Trinajstić information content (AvgIpc) is 1.82. The molecule has 78 valence electrons. The first-order valence-corrected chi connectivity index (χ1v) is 4.26. The standard InChI is InChI=1S/C9H17FO3/c1-6(2)5-9(13,7(11)12)8(3,4)10/h6,13H,5H2,1-4H3,(H,11,12). The Hall–Kier alpha value is -0.640. The number of rotatable bonds is 4. The van der Waals surface area contributed by atoms with Gasteiger partial charge in [0, 0.05) is 0 Å². The predicted molar refractivity (Wildman–Crippen MR) is 47.2 cm³/mol. The molecule has 0 rings (SSSR count). The smallest absolute Gasteiger partial charge is 0.339 e. The zero-order valence-electron chi connectivity index (χ0n) is 8.47. The molecule has 0 bridgehead atoms. The van der Waals surface area contributed by atoms with E-state index in [0.29, 0.717) is 0 Å². The maximum atomic E-state index is 13.4. The van der Waals surface area contributed by atoms with Crippen LogP contribution in [0, 0.1) is 5.92 Å². The minimum absolute atomic E-state index is 0.0730. The third-order valence-corrected chi connectivity index (χ3v) is 2.04. The van der Waals surface area contributed by atoms with Gasteiger partial charge >= 0.3 is 5.97 Å². The van der Waals surface area contributed by atoms with Gasteiger partial charge in [-0.2, -0.15) is 0 Å². The molecule has 2 N–H and O–H groups in total. The van der Waals surface area contributed by atoms with E-state index in [1.165, 1.54) is 0 Å². The number of hydrogen-bond acceptors (Lipinski definition) is 2. The molecule has 0 amide bonds. The largest absolute Gasteiger partial charge is 0.479 e. The van der Waals surface area contributed by atoms with Crippen LogP contribution in [-0.4, -0.2) is 27.5 Å². The van der Waals surface area contributed by atoms with Crippen molar-refractivity contribution in [2.24, 2.45) is 5.92 Å². The molecule has 0 aromatic carbocycles. The van der Waals surface area contributed by atoms with Gasteiger partial charge in [0.1, 0.15) is 5.67 Å². The first kappa shape index (κ1) is 12.4. The fourth-order valence-corrected chi connectivity index (χ4v) is 1.18. The molecule has 0 fully saturated rings. The highest BCUT2D eigenvalue weighted by atomic mass is 19.1. The van der Waals surface area contributed by atoms with E-state index in [1.54, 1.807) is 13.8 Å². The van der Waals surface area contributed by atoms with Gasteiger partial charge in [0.05, 0.1) is 0 Å². The van der Waals surface area contributed by atoms with Crippen LogP contribution in [0.2, 0.25) is 0 Å². The van der Waals surface area contributed by atoms with Crippen LogP contribution in [-0.2, 0) is 4.79 Å². The molecule has 3 nitrogen and oxygen atoms in total. The minimum atomic E-state index is -2.29. The first-order valence-electron chi connectivity index (χ1n) is 4.26. The van der Waals surface area contributed by atoms with Crippen molar-refractivity contribution in [1.29, 1.82) is 0 Å². The Morgan fingerprint density at radius 3 is 1.92 bits per heavy atom. The van der Waals surface area contributed by atoms with E-state index in [2.05, 4.69) is 0 Å². The summed E-state index contributed by atoms with van der Waals surface area (Å²) in [6.07, 6.45) is -0.0914. The van der Waals surface area contributed by atoms with Crippen LogP contribution < -0.4 is 0 Å². The molecule has 0 spiro atoms. The van der Waals surface area contributed by atoms with Gasteiger partial charge in [-0.1, -0.05) is 13.8 Å². The third kappa shape index (κ3) is 2.66. The van der Waals surface area contributed by atoms with Gasteiger partial charge in [-0.05, 0) is 26.2 Å². The van der Waals surface area contributed by atoms with Crippen molar-refractivity contribution in [2.75, 3.05) is 0 Å². The molecule has 0 aliphatic heterocycles. The molecule has 0 saturated heterocycles. The Bertz CT molecular complexity index is 196. The zero-order valence-corrected chi connectivity index (χ0v) is 8.47. The van der Waals surface area contributed by atoms with Crippen LogP contribution in [0.25, 0.3) is 0 Å². The quantitative estimate of drug-likeness (QED) is 0.711. The zero-order chi connectivity index (χ0) is 10.9. The predicted octanol–water partition coefficient (Wildman–Crippen LogP) is 1.60. The van der Waals surface area contributed by atoms with E-state index < -0.39 is 17.2 Å². The Morgan fingerprint density at radius 1 is 1.46 bits per heavy atom. The summed E-state index contributed by atoms with van der Waals surface area (Å²) in [5, 5.41) is 18.3. The lowest BCUT2D eigenvalue weighted by Crippen LogP contribution is -2.54. The van der Waals surface area contributed by atoms with Crippen LogP contribution in [0.5, 0.6) is 0 Å². The molecule has 4 heteroatoms. The number of carboxylic acid groups (broad SMARTS) is 1. The van der Waals surface area contributed by atoms with Crippen molar-refractivity contribution in [3.05, 3.63) is 0 Å². The molecule has 0 radical (unpaired) electrons. The Morgan fingerprint density at radius 2 is 1.85 bits per heavy atom. The van der Waals surface area contributed by atoms with Crippen molar-refractivity contribution in [2.45, 2.75) is 45.4 Å². The summed E-state index contributed by atoms with van der Waals surface area (Å²) in [6, 6.07) is 0. The van der Waals surface area contributed by atoms with Gasteiger partial charge in [0.15, 0.2) is 5.60 Å². The van der Waals surface area contributed by atoms with Crippen LogP contribution in [0.4, 0.5) is 4.39 Å². The van der Waals surface area contributed by atoms with Crippen molar-refractivity contribution in [1.82, 2.24) is 0 Å². The van der Waals surface area contributed by atoms with Crippen molar-refractivity contribution < 1.29 is 19.4 Å². The van der Waals surface area contributed by atoms with E-state index in [0.717, 1.165) is 13.8 Å². The van der Waals surface area contributed by atoms with Crippen molar-refractivity contribution >= 4 is 5.97 Å². The molecule has 0 aromatic rings. The van der Waals surface area contributed by atoms with Gasteiger partial charge in [-0.3, -0.25) is 0 Å². The van der Waals surface area contributed by atoms with Gasteiger partial charge in [-0.25, -0.2) is 9.18 Å². The monoisotopic (exact) mass is 192 g/mol. The van der Waals surface area contributed by atoms with E-state index in [1.807, 2.05) is 0 Å². The van der Waals surface area contributed by atoms with Gasteiger partial charge in [0.25, 0.3) is 0 Å². The SMILES string of the molecule is CC(C)CC(O)(C(=O)O)C(C)(C)F. The number of carbonyl (C=O) groups is 1. The summed E-state index contributed by atoms with van der Waals surface area (Å²) >= 11 is 0. The molecule has 13 heavy (non-hydrogen) atoms. The summed E-state index contributed by atoms with van der Waals surface area (Å²) in [7, 11) is 0. The van der Waals surface area contributed by atoms with E-state index in [9.17, 15) is 14.3 Å². The lowest BCUT2D eigenvalue weighted by Gasteiger charge is -2.34. The van der Waals surface area contributed by atoms with Crippen LogP contribution in [0.1, 0.15) is 34.1 Å². The summed E-state index contributed by atoms with van der Waals surface area (Å²) in [4.78, 5) is 10.7. The number of carboxylic acids is 1. The molecule has 0 aliphatic rings. The van der Waals surface area contributed by atoms with E-state index in [-0.39, 0.29) is 12.3 Å². The molecule has 0 heterocycles. The fourth-order valence-electron chi connectivity index (χ4n) is 1.18. The Labute approximate surface area is 77.6 Å². The van der Waals surface area contributed by atoms with Gasteiger partial charge in [-0.15, -0.1) is 0 Å². The minimum Gasteiger partial charge on any atom is -0.479 e. The van der Waals surface area contributed by atoms with E-state index in [4.69, 9.17) is 5.11 Å². The average molecular weight is 192 g/mol. The third-order valence-electron chi connectivity index (χ3n) is 2.04. The number of alkyl halides is 1. The maximum Gasteiger partial charge on any atom is 0.339 e. The van der Waals surface area contributed by atoms with Crippen LogP contribution in [0.15, 0.2) is 0 Å². The fraction of sp³-hybridized carbons (Fsp3) is 0.889. The topological polar surface area (TPSA) is 57.5 Å². The highest BCUT2D eigenvalue weighted by Crippen LogP contribution is 2.32. The highest BCUT2D eigenvalue weighted by Gasteiger charge is 2.51. The summed E-state index contributed by atoms with van der Waals surface area (Å²) in [5.74, 6) is -1.58. The molecule has 1 unspecified atom stereocenters. The van der Waals surface area contributed by atoms with Crippen LogP contribution >= 0.6 is 0 Å². The molecule has 1 atom stereocenters. The Kier molecular flexibility index (Phi) is 3.44. The lowest BCUT2D eigenvalue weighted by atomic mass is 9.81. The molecule has 0 saturated carbocycles. The molecular weight excluding hydrogens is 175 g/mol. The van der Waals surface area contributed by atoms with Crippen LogP contribution in [0.3, 0.4) is 0 Å². The van der Waals surface area contributed by atoms with E-state index >= 15 is 0 Å². The summed E-state index contributed by atoms with van der Waals surface area (Å²) in [6.45, 7) is 5.62. The molecule has 0 aliphatic carbocycles. The van der Waals surface area contributed by atoms with Gasteiger partial charge in [0.2, 0.25) is 0 Å². The molecular formula is C9H17FO3. The maximum absolute atomic E-state index is 13.4. The van der Waals surface area contributed by atoms with Crippen molar-refractivity contribution in [3.63, 3.8) is 0 Å². The first-order chi connectivity index (χ1) is 5.61. The lowest BCUT2D eigenvalue weighted by molar-refractivity contribution is -0.178. The second kappa shape index (κ2) is 3.62. The highest BCUT2D eigenvalue weighted by molar-refractivity contribution is 5.78. The summed E-state index contributed by atoms with van der Waals surface area (Å²) < 4.78 is 13.4. The Balaban J connectivity index is 4.85. The van der Waals surface area contributed by atoms with Gasteiger partial charge < -0.3 is 10.2 Å². The molecule has 0 aromatic heterocycles. The normalized spacial score (nSPS) is 17.2. The number of aliphatic carboxylic acids is 1. The summed E-state index contributed by atoms with van der Waals surface area (Å²) in [5.41, 5.74) is -4.43. The van der Waals surface area contributed by atoms with Crippen molar-refractivity contribution in [3.8, 4) is 0 Å². The number of halogens is 1.